The Bertz CT molecular complexity index is 655. The highest BCUT2D eigenvalue weighted by molar-refractivity contribution is 14.0. The number of halogens is 1. The number of nitrogens with one attached hydrogen (secondary N) is 3. The van der Waals surface area contributed by atoms with Crippen molar-refractivity contribution in [1.82, 2.24) is 15.5 Å². The molecule has 9 heteroatoms. The maximum atomic E-state index is 12.0. The van der Waals surface area contributed by atoms with Gasteiger partial charge in [-0.3, -0.25) is 9.79 Å². The smallest absolute Gasteiger partial charge is 0.410 e. The zero-order chi connectivity index (χ0) is 19.2. The van der Waals surface area contributed by atoms with E-state index in [9.17, 15) is 9.59 Å². The second-order valence-corrected chi connectivity index (χ2v) is 7.07. The summed E-state index contributed by atoms with van der Waals surface area (Å²) < 4.78 is 5.32. The summed E-state index contributed by atoms with van der Waals surface area (Å²) in [7, 11) is 1.63. The number of likely N-dealkylation sites (tertiary alicyclic amines) is 1. The fraction of sp³-hybridized carbons (Fsp3) is 0.500. The molecule has 0 aliphatic carbocycles. The molecule has 1 aromatic rings. The molecule has 0 spiro atoms. The largest absolute Gasteiger partial charge is 0.444 e. The van der Waals surface area contributed by atoms with E-state index in [-0.39, 0.29) is 48.6 Å². The van der Waals surface area contributed by atoms with Gasteiger partial charge in [-0.05, 0) is 32.9 Å². The van der Waals surface area contributed by atoms with Crippen molar-refractivity contribution in [3.63, 3.8) is 0 Å². The molecular weight excluding hydrogens is 461 g/mol. The summed E-state index contributed by atoms with van der Waals surface area (Å²) in [6.07, 6.45) is -0.319. The van der Waals surface area contributed by atoms with Gasteiger partial charge in [0.15, 0.2) is 5.96 Å². The van der Waals surface area contributed by atoms with Crippen LogP contribution in [0.25, 0.3) is 0 Å². The lowest BCUT2D eigenvalue weighted by Gasteiger charge is -2.40. The van der Waals surface area contributed by atoms with Crippen LogP contribution in [0.15, 0.2) is 35.3 Å². The SMILES string of the molecule is CN=C(NCC(=O)Nc1ccccc1)NC1CN(C(=O)OC(C)(C)C)C1.I. The lowest BCUT2D eigenvalue weighted by atomic mass is 10.1. The molecule has 0 atom stereocenters. The monoisotopic (exact) mass is 489 g/mol. The van der Waals surface area contributed by atoms with E-state index in [1.165, 1.54) is 0 Å². The molecule has 1 aliphatic rings. The van der Waals surface area contributed by atoms with Gasteiger partial charge in [0.2, 0.25) is 5.91 Å². The first kappa shape index (κ1) is 23.0. The minimum atomic E-state index is -0.501. The third-order valence-corrected chi connectivity index (χ3v) is 3.57. The maximum Gasteiger partial charge on any atom is 0.410 e. The van der Waals surface area contributed by atoms with Crippen molar-refractivity contribution in [1.29, 1.82) is 0 Å². The Labute approximate surface area is 177 Å². The molecule has 2 rings (SSSR count). The zero-order valence-corrected chi connectivity index (χ0v) is 18.4. The van der Waals surface area contributed by atoms with Crippen molar-refractivity contribution in [2.45, 2.75) is 32.4 Å². The molecule has 1 fully saturated rings. The third kappa shape index (κ3) is 8.02. The average molecular weight is 489 g/mol. The Kier molecular flexibility index (Phi) is 8.80. The molecule has 8 nitrogen and oxygen atoms in total. The van der Waals surface area contributed by atoms with E-state index < -0.39 is 5.60 Å². The fourth-order valence-corrected chi connectivity index (χ4v) is 2.32. The van der Waals surface area contributed by atoms with Crippen LogP contribution in [0.2, 0.25) is 0 Å². The number of benzene rings is 1. The third-order valence-electron chi connectivity index (χ3n) is 3.57. The van der Waals surface area contributed by atoms with Crippen LogP contribution in [0.3, 0.4) is 0 Å². The number of guanidine groups is 1. The number of aliphatic imine (C=N–C) groups is 1. The predicted molar refractivity (Wildman–Crippen MR) is 117 cm³/mol. The first-order valence-corrected chi connectivity index (χ1v) is 8.57. The Hall–Kier alpha value is -2.04. The number of rotatable bonds is 4. The fourth-order valence-electron chi connectivity index (χ4n) is 2.32. The Balaban J connectivity index is 0.00000364. The van der Waals surface area contributed by atoms with Crippen molar-refractivity contribution in [3.8, 4) is 0 Å². The summed E-state index contributed by atoms with van der Waals surface area (Å²) in [4.78, 5) is 29.6. The van der Waals surface area contributed by atoms with E-state index in [1.807, 2.05) is 51.1 Å². The van der Waals surface area contributed by atoms with Gasteiger partial charge >= 0.3 is 6.09 Å². The van der Waals surface area contributed by atoms with Gasteiger partial charge in [0.05, 0.1) is 12.6 Å². The van der Waals surface area contributed by atoms with Crippen LogP contribution < -0.4 is 16.0 Å². The standard InChI is InChI=1S/C18H27N5O3.HI/c1-18(2,3)26-17(25)23-11-14(12-23)22-16(19-4)20-10-15(24)21-13-8-6-5-7-9-13;/h5-9,14H,10-12H2,1-4H3,(H,21,24)(H2,19,20,22);1H. The number of amides is 2. The number of nitrogens with zero attached hydrogens (tertiary/aromatic N) is 2. The van der Waals surface area contributed by atoms with Crippen LogP contribution in [0.4, 0.5) is 10.5 Å². The minimum Gasteiger partial charge on any atom is -0.444 e. The summed E-state index contributed by atoms with van der Waals surface area (Å²) in [5.74, 6) is 0.352. The zero-order valence-electron chi connectivity index (χ0n) is 16.1. The highest BCUT2D eigenvalue weighted by Gasteiger charge is 2.34. The number of anilines is 1. The van der Waals surface area contributed by atoms with Crippen LogP contribution >= 0.6 is 24.0 Å². The van der Waals surface area contributed by atoms with Gasteiger partial charge in [-0.2, -0.15) is 0 Å². The Morgan fingerprint density at radius 3 is 2.41 bits per heavy atom. The normalized spacial score (nSPS) is 14.5. The molecule has 27 heavy (non-hydrogen) atoms. The number of para-hydroxylation sites is 1. The summed E-state index contributed by atoms with van der Waals surface area (Å²) in [6.45, 7) is 6.68. The molecule has 0 bridgehead atoms. The molecule has 1 heterocycles. The predicted octanol–water partition coefficient (Wildman–Crippen LogP) is 2.03. The molecule has 1 aromatic carbocycles. The van der Waals surface area contributed by atoms with Crippen LogP contribution in [-0.4, -0.2) is 61.2 Å². The van der Waals surface area contributed by atoms with Gasteiger partial charge in [-0.1, -0.05) is 18.2 Å². The lowest BCUT2D eigenvalue weighted by molar-refractivity contribution is -0.115. The van der Waals surface area contributed by atoms with Gasteiger partial charge in [-0.25, -0.2) is 4.79 Å². The molecule has 150 valence electrons. The minimum absolute atomic E-state index is 0. The topological polar surface area (TPSA) is 95.1 Å². The second kappa shape index (κ2) is 10.3. The molecule has 0 radical (unpaired) electrons. The molecule has 1 saturated heterocycles. The van der Waals surface area contributed by atoms with E-state index in [0.29, 0.717) is 19.0 Å². The number of carbonyl (C=O) groups is 2. The number of ether oxygens (including phenoxy) is 1. The summed E-state index contributed by atoms with van der Waals surface area (Å²) >= 11 is 0. The van der Waals surface area contributed by atoms with Crippen molar-refractivity contribution in [2.75, 3.05) is 32.0 Å². The number of hydrogen-bond donors (Lipinski definition) is 3. The number of carbonyl (C=O) groups excluding carboxylic acids is 2. The molecule has 0 saturated carbocycles. The summed E-state index contributed by atoms with van der Waals surface area (Å²) in [5.41, 5.74) is 0.244. The van der Waals surface area contributed by atoms with Gasteiger partial charge in [0.1, 0.15) is 5.60 Å². The van der Waals surface area contributed by atoms with Crippen molar-refractivity contribution < 1.29 is 14.3 Å². The highest BCUT2D eigenvalue weighted by Crippen LogP contribution is 2.15. The van der Waals surface area contributed by atoms with E-state index in [4.69, 9.17) is 4.74 Å². The molecule has 2 amide bonds. The number of hydrogen-bond acceptors (Lipinski definition) is 4. The van der Waals surface area contributed by atoms with Crippen molar-refractivity contribution in [3.05, 3.63) is 30.3 Å². The molecular formula is C18H28IN5O3. The summed E-state index contributed by atoms with van der Waals surface area (Å²) in [6, 6.07) is 9.33. The highest BCUT2D eigenvalue weighted by atomic mass is 127. The van der Waals surface area contributed by atoms with Crippen molar-refractivity contribution >= 4 is 47.6 Å². The Morgan fingerprint density at radius 2 is 1.85 bits per heavy atom. The van der Waals surface area contributed by atoms with Gasteiger partial charge in [0, 0.05) is 25.8 Å². The maximum absolute atomic E-state index is 12.0. The second-order valence-electron chi connectivity index (χ2n) is 7.07. The van der Waals surface area contributed by atoms with Gasteiger partial charge in [0.25, 0.3) is 0 Å². The first-order chi connectivity index (χ1) is 12.3. The van der Waals surface area contributed by atoms with E-state index in [1.54, 1.807) is 11.9 Å². The van der Waals surface area contributed by atoms with E-state index >= 15 is 0 Å². The van der Waals surface area contributed by atoms with Crippen LogP contribution in [0, 0.1) is 0 Å². The average Bonchev–Trinajstić information content (AvgIpc) is 2.52. The molecule has 0 aromatic heterocycles. The van der Waals surface area contributed by atoms with E-state index in [2.05, 4.69) is 20.9 Å². The Morgan fingerprint density at radius 1 is 1.22 bits per heavy atom. The van der Waals surface area contributed by atoms with Gasteiger partial charge in [-0.15, -0.1) is 24.0 Å². The summed E-state index contributed by atoms with van der Waals surface area (Å²) in [5, 5.41) is 8.94. The molecule has 0 unspecified atom stereocenters. The molecule has 3 N–H and O–H groups in total. The van der Waals surface area contributed by atoms with Gasteiger partial charge < -0.3 is 25.6 Å². The van der Waals surface area contributed by atoms with Crippen molar-refractivity contribution in [2.24, 2.45) is 4.99 Å². The van der Waals surface area contributed by atoms with Crippen LogP contribution in [0.1, 0.15) is 20.8 Å². The van der Waals surface area contributed by atoms with Crippen LogP contribution in [0.5, 0.6) is 0 Å². The first-order valence-electron chi connectivity index (χ1n) is 8.57. The molecule has 1 aliphatic heterocycles. The quantitative estimate of drug-likeness (QED) is 0.342. The van der Waals surface area contributed by atoms with Crippen LogP contribution in [-0.2, 0) is 9.53 Å². The lowest BCUT2D eigenvalue weighted by Crippen LogP contribution is -2.63. The van der Waals surface area contributed by atoms with E-state index in [0.717, 1.165) is 5.69 Å².